The quantitative estimate of drug-likeness (QED) is 0.789. The van der Waals surface area contributed by atoms with Crippen molar-refractivity contribution in [2.75, 3.05) is 5.75 Å². The van der Waals surface area contributed by atoms with Gasteiger partial charge in [0, 0.05) is 22.6 Å². The highest BCUT2D eigenvalue weighted by Crippen LogP contribution is 2.51. The van der Waals surface area contributed by atoms with Gasteiger partial charge in [0.05, 0.1) is 5.25 Å². The molecule has 0 heterocycles. The van der Waals surface area contributed by atoms with E-state index in [4.69, 9.17) is 11.6 Å². The summed E-state index contributed by atoms with van der Waals surface area (Å²) >= 11 is 5.87. The number of hydrogen-bond donors (Lipinski definition) is 0. The Bertz CT molecular complexity index is 538. The van der Waals surface area contributed by atoms with Gasteiger partial charge in [-0.05, 0) is 17.7 Å². The van der Waals surface area contributed by atoms with Crippen LogP contribution in [-0.2, 0) is 14.6 Å². The molecule has 0 aromatic heterocycles. The van der Waals surface area contributed by atoms with Crippen LogP contribution in [0.15, 0.2) is 24.3 Å². The Kier molecular flexibility index (Phi) is 3.27. The first-order chi connectivity index (χ1) is 8.01. The van der Waals surface area contributed by atoms with E-state index in [1.807, 2.05) is 6.07 Å². The van der Waals surface area contributed by atoms with Crippen LogP contribution in [0.25, 0.3) is 0 Å². The van der Waals surface area contributed by atoms with Crippen LogP contribution in [0.1, 0.15) is 18.4 Å². The minimum atomic E-state index is -3.17. The van der Waals surface area contributed by atoms with E-state index in [1.54, 1.807) is 25.1 Å². The van der Waals surface area contributed by atoms with E-state index < -0.39 is 21.0 Å². The normalized spacial score (nSPS) is 27.8. The molecule has 0 N–H and O–H groups in total. The summed E-state index contributed by atoms with van der Waals surface area (Å²) in [5.41, 5.74) is 0.830. The van der Waals surface area contributed by atoms with Gasteiger partial charge < -0.3 is 4.79 Å². The molecule has 1 aliphatic carbocycles. The first kappa shape index (κ1) is 12.6. The van der Waals surface area contributed by atoms with Crippen LogP contribution in [0.2, 0.25) is 5.02 Å². The summed E-state index contributed by atoms with van der Waals surface area (Å²) in [5, 5.41) is -0.00448. The molecule has 1 aromatic rings. The zero-order valence-electron chi connectivity index (χ0n) is 9.34. The van der Waals surface area contributed by atoms with Gasteiger partial charge in [0.25, 0.3) is 0 Å². The van der Waals surface area contributed by atoms with Crippen LogP contribution in [-0.4, -0.2) is 25.7 Å². The van der Waals surface area contributed by atoms with Crippen LogP contribution in [0.3, 0.4) is 0 Å². The first-order valence-electron chi connectivity index (χ1n) is 5.43. The minimum Gasteiger partial charge on any atom is -0.303 e. The summed E-state index contributed by atoms with van der Waals surface area (Å²) in [6, 6.07) is 7.05. The molecule has 1 fully saturated rings. The second kappa shape index (κ2) is 4.42. The number of benzene rings is 1. The Hall–Kier alpha value is -0.870. The number of rotatable bonds is 4. The lowest BCUT2D eigenvalue weighted by Crippen LogP contribution is -2.12. The van der Waals surface area contributed by atoms with Crippen LogP contribution in [0, 0.1) is 5.92 Å². The molecule has 0 amide bonds. The van der Waals surface area contributed by atoms with Gasteiger partial charge in [-0.1, -0.05) is 30.7 Å². The number of aldehydes is 1. The molecule has 1 saturated carbocycles. The van der Waals surface area contributed by atoms with E-state index >= 15 is 0 Å². The number of hydrogen-bond acceptors (Lipinski definition) is 3. The lowest BCUT2D eigenvalue weighted by Gasteiger charge is -2.01. The zero-order valence-corrected chi connectivity index (χ0v) is 10.9. The molecule has 3 nitrogen and oxygen atoms in total. The van der Waals surface area contributed by atoms with Crippen LogP contribution in [0.4, 0.5) is 0 Å². The van der Waals surface area contributed by atoms with Crippen molar-refractivity contribution in [2.45, 2.75) is 18.1 Å². The molecule has 5 heteroatoms. The molecular weight excluding hydrogens is 260 g/mol. The maximum atomic E-state index is 11.8. The van der Waals surface area contributed by atoms with E-state index in [0.29, 0.717) is 5.02 Å². The minimum absolute atomic E-state index is 0.0685. The van der Waals surface area contributed by atoms with Gasteiger partial charge in [0.1, 0.15) is 6.29 Å². The lowest BCUT2D eigenvalue weighted by molar-refractivity contribution is -0.108. The van der Waals surface area contributed by atoms with Crippen LogP contribution in [0.5, 0.6) is 0 Å². The Morgan fingerprint density at radius 3 is 2.65 bits per heavy atom. The van der Waals surface area contributed by atoms with E-state index in [1.165, 1.54) is 0 Å². The fourth-order valence-corrected chi connectivity index (χ4v) is 4.24. The van der Waals surface area contributed by atoms with Crippen molar-refractivity contribution < 1.29 is 13.2 Å². The third kappa shape index (κ3) is 2.24. The highest BCUT2D eigenvalue weighted by atomic mass is 35.5. The highest BCUT2D eigenvalue weighted by molar-refractivity contribution is 7.92. The monoisotopic (exact) mass is 272 g/mol. The van der Waals surface area contributed by atoms with Gasteiger partial charge in [-0.2, -0.15) is 0 Å². The Morgan fingerprint density at radius 1 is 1.41 bits per heavy atom. The van der Waals surface area contributed by atoms with Gasteiger partial charge >= 0.3 is 0 Å². The van der Waals surface area contributed by atoms with Crippen molar-refractivity contribution in [3.8, 4) is 0 Å². The largest absolute Gasteiger partial charge is 0.303 e. The lowest BCUT2D eigenvalue weighted by atomic mass is 10.1. The summed E-state index contributed by atoms with van der Waals surface area (Å²) in [7, 11) is -3.17. The summed E-state index contributed by atoms with van der Waals surface area (Å²) in [5.74, 6) is -0.575. The molecule has 0 saturated heterocycles. The van der Waals surface area contributed by atoms with E-state index in [0.717, 1.165) is 11.8 Å². The number of carbonyl (C=O) groups is 1. The fraction of sp³-hybridized carbons (Fsp3) is 0.417. The van der Waals surface area contributed by atoms with Crippen molar-refractivity contribution in [3.63, 3.8) is 0 Å². The predicted octanol–water partition coefficient (Wildman–Crippen LogP) is 2.06. The zero-order chi connectivity index (χ0) is 12.6. The molecule has 0 bridgehead atoms. The van der Waals surface area contributed by atoms with Crippen molar-refractivity contribution in [3.05, 3.63) is 34.9 Å². The predicted molar refractivity (Wildman–Crippen MR) is 67.0 cm³/mol. The fourth-order valence-electron chi connectivity index (χ4n) is 2.25. The summed E-state index contributed by atoms with van der Waals surface area (Å²) in [4.78, 5) is 10.9. The van der Waals surface area contributed by atoms with Crippen LogP contribution < -0.4 is 0 Å². The SMILES string of the molecule is CCS(=O)(=O)[C@@H]1[C@@H](C=O)[C@H]1c1cccc(Cl)c1. The molecule has 17 heavy (non-hydrogen) atoms. The van der Waals surface area contributed by atoms with E-state index in [-0.39, 0.29) is 11.7 Å². The van der Waals surface area contributed by atoms with E-state index in [9.17, 15) is 13.2 Å². The molecule has 2 rings (SSSR count). The van der Waals surface area contributed by atoms with Crippen molar-refractivity contribution in [2.24, 2.45) is 5.92 Å². The highest BCUT2D eigenvalue weighted by Gasteiger charge is 2.57. The Morgan fingerprint density at radius 2 is 2.12 bits per heavy atom. The maximum absolute atomic E-state index is 11.8. The molecule has 0 spiro atoms. The second-order valence-corrected chi connectivity index (χ2v) is 7.09. The van der Waals surface area contributed by atoms with Gasteiger partial charge in [-0.25, -0.2) is 8.42 Å². The number of halogens is 1. The van der Waals surface area contributed by atoms with Gasteiger partial charge in [0.15, 0.2) is 9.84 Å². The third-order valence-electron chi connectivity index (χ3n) is 3.21. The summed E-state index contributed by atoms with van der Waals surface area (Å²) < 4.78 is 23.6. The van der Waals surface area contributed by atoms with Crippen molar-refractivity contribution in [1.29, 1.82) is 0 Å². The van der Waals surface area contributed by atoms with Crippen molar-refractivity contribution >= 4 is 27.7 Å². The molecule has 92 valence electrons. The molecule has 3 atom stereocenters. The molecular formula is C12H13ClO3S. The maximum Gasteiger partial charge on any atom is 0.154 e. The topological polar surface area (TPSA) is 51.2 Å². The van der Waals surface area contributed by atoms with Gasteiger partial charge in [-0.3, -0.25) is 0 Å². The molecule has 1 aliphatic rings. The molecule has 1 aromatic carbocycles. The Labute approximate surface area is 106 Å². The summed E-state index contributed by atoms with van der Waals surface area (Å²) in [6.07, 6.45) is 0.740. The van der Waals surface area contributed by atoms with Gasteiger partial charge in [-0.15, -0.1) is 0 Å². The molecule has 0 aliphatic heterocycles. The van der Waals surface area contributed by atoms with Gasteiger partial charge in [0.2, 0.25) is 0 Å². The standard InChI is InChI=1S/C12H13ClO3S/c1-2-17(15,16)12-10(7-14)11(12)8-4-3-5-9(13)6-8/h3-7,10-12H,2H2,1H3/t10-,11+,12+/m0/s1. The number of sulfone groups is 1. The Balaban J connectivity index is 2.33. The average Bonchev–Trinajstić information content (AvgIpc) is 3.04. The average molecular weight is 273 g/mol. The van der Waals surface area contributed by atoms with Crippen molar-refractivity contribution in [1.82, 2.24) is 0 Å². The number of carbonyl (C=O) groups excluding carboxylic acids is 1. The summed E-state index contributed by atoms with van der Waals surface area (Å²) in [6.45, 7) is 1.60. The smallest absolute Gasteiger partial charge is 0.154 e. The second-order valence-electron chi connectivity index (χ2n) is 4.21. The molecule has 0 unspecified atom stereocenters. The first-order valence-corrected chi connectivity index (χ1v) is 7.53. The third-order valence-corrected chi connectivity index (χ3v) is 5.69. The van der Waals surface area contributed by atoms with Crippen LogP contribution >= 0.6 is 11.6 Å². The van der Waals surface area contributed by atoms with E-state index in [2.05, 4.69) is 0 Å². The molecule has 0 radical (unpaired) electrons.